The molecule has 3 rings (SSSR count). The van der Waals surface area contributed by atoms with Crippen LogP contribution in [0.25, 0.3) is 0 Å². The fourth-order valence-corrected chi connectivity index (χ4v) is 3.80. The second-order valence-electron chi connectivity index (χ2n) is 6.99. The highest BCUT2D eigenvalue weighted by molar-refractivity contribution is 6.36. The first kappa shape index (κ1) is 22.2. The van der Waals surface area contributed by atoms with E-state index < -0.39 is 6.04 Å². The van der Waals surface area contributed by atoms with Gasteiger partial charge in [-0.1, -0.05) is 35.3 Å². The molecule has 0 saturated heterocycles. The van der Waals surface area contributed by atoms with Gasteiger partial charge >= 0.3 is 0 Å². The Kier molecular flexibility index (Phi) is 7.45. The third-order valence-electron chi connectivity index (χ3n) is 5.04. The number of amides is 2. The monoisotopic (exact) mass is 450 g/mol. The molecule has 2 aromatic carbocycles. The number of ether oxygens (including phenoxy) is 2. The molecule has 1 atom stereocenters. The van der Waals surface area contributed by atoms with Crippen LogP contribution in [0.5, 0.6) is 11.5 Å². The van der Waals surface area contributed by atoms with E-state index in [0.717, 1.165) is 5.56 Å². The molecule has 0 radical (unpaired) electrons. The van der Waals surface area contributed by atoms with E-state index in [1.165, 1.54) is 4.90 Å². The average molecular weight is 451 g/mol. The van der Waals surface area contributed by atoms with E-state index in [1.54, 1.807) is 32.2 Å². The number of halogens is 2. The summed E-state index contributed by atoms with van der Waals surface area (Å²) in [6.45, 7) is 2.87. The first-order chi connectivity index (χ1) is 14.4. The van der Waals surface area contributed by atoms with Gasteiger partial charge in [0.05, 0.1) is 0 Å². The third-order valence-corrected chi connectivity index (χ3v) is 5.75. The number of nitrogens with one attached hydrogen (secondary N) is 1. The number of fused-ring (bicyclic) bond motifs is 1. The van der Waals surface area contributed by atoms with Crippen LogP contribution in [-0.4, -0.2) is 43.0 Å². The van der Waals surface area contributed by atoms with Gasteiger partial charge in [-0.2, -0.15) is 0 Å². The number of nitrogens with zero attached hydrogens (tertiary/aromatic N) is 1. The minimum absolute atomic E-state index is 0.146. The molecule has 0 fully saturated rings. The molecule has 0 saturated carbocycles. The lowest BCUT2D eigenvalue weighted by molar-refractivity contribution is -0.140. The Morgan fingerprint density at radius 3 is 2.43 bits per heavy atom. The van der Waals surface area contributed by atoms with Gasteiger partial charge in [-0.25, -0.2) is 0 Å². The SMILES string of the molecule is CNC(=O)[C@H](C)N(Cc1c(Cl)cccc1Cl)C(=O)CCc1ccc2c(c1)OCCO2. The van der Waals surface area contributed by atoms with Gasteiger partial charge in [0, 0.05) is 35.6 Å². The van der Waals surface area contributed by atoms with Gasteiger partial charge in [0.15, 0.2) is 11.5 Å². The van der Waals surface area contributed by atoms with E-state index >= 15 is 0 Å². The molecule has 1 heterocycles. The van der Waals surface area contributed by atoms with Crippen molar-refractivity contribution in [2.45, 2.75) is 32.4 Å². The van der Waals surface area contributed by atoms with Gasteiger partial charge in [-0.15, -0.1) is 0 Å². The molecule has 2 aromatic rings. The van der Waals surface area contributed by atoms with Crippen molar-refractivity contribution in [2.75, 3.05) is 20.3 Å². The molecular weight excluding hydrogens is 427 g/mol. The topological polar surface area (TPSA) is 67.9 Å². The molecule has 1 aliphatic heterocycles. The summed E-state index contributed by atoms with van der Waals surface area (Å²) in [5.41, 5.74) is 1.57. The molecule has 0 spiro atoms. The smallest absolute Gasteiger partial charge is 0.242 e. The summed E-state index contributed by atoms with van der Waals surface area (Å²) in [4.78, 5) is 26.9. The zero-order valence-electron chi connectivity index (χ0n) is 16.9. The summed E-state index contributed by atoms with van der Waals surface area (Å²) in [7, 11) is 1.54. The van der Waals surface area contributed by atoms with Crippen LogP contribution in [-0.2, 0) is 22.6 Å². The zero-order valence-corrected chi connectivity index (χ0v) is 18.4. The number of rotatable bonds is 7. The van der Waals surface area contributed by atoms with Gasteiger partial charge in [0.2, 0.25) is 11.8 Å². The molecule has 8 heteroatoms. The van der Waals surface area contributed by atoms with E-state index in [1.807, 2.05) is 18.2 Å². The van der Waals surface area contributed by atoms with Crippen LogP contribution in [0, 0.1) is 0 Å². The van der Waals surface area contributed by atoms with Gasteiger partial charge in [0.25, 0.3) is 0 Å². The van der Waals surface area contributed by atoms with Crippen LogP contribution in [0.2, 0.25) is 10.0 Å². The van der Waals surface area contributed by atoms with Crippen molar-refractivity contribution in [1.82, 2.24) is 10.2 Å². The molecule has 0 unspecified atom stereocenters. The molecule has 0 aromatic heterocycles. The summed E-state index contributed by atoms with van der Waals surface area (Å²) in [6.07, 6.45) is 0.728. The number of carbonyl (C=O) groups excluding carboxylic acids is 2. The van der Waals surface area contributed by atoms with E-state index in [9.17, 15) is 9.59 Å². The van der Waals surface area contributed by atoms with Gasteiger partial charge in [0.1, 0.15) is 19.3 Å². The molecule has 0 aliphatic carbocycles. The van der Waals surface area contributed by atoms with Crippen LogP contribution in [0.4, 0.5) is 0 Å². The summed E-state index contributed by atoms with van der Waals surface area (Å²) in [5, 5.41) is 3.50. The number of aryl methyl sites for hydroxylation is 1. The number of hydrogen-bond donors (Lipinski definition) is 1. The predicted molar refractivity (Wildman–Crippen MR) is 116 cm³/mol. The molecule has 1 aliphatic rings. The summed E-state index contributed by atoms with van der Waals surface area (Å²) < 4.78 is 11.1. The maximum atomic E-state index is 13.1. The lowest BCUT2D eigenvalue weighted by atomic mass is 10.1. The fraction of sp³-hybridized carbons (Fsp3) is 0.364. The van der Waals surface area contributed by atoms with E-state index in [2.05, 4.69) is 5.32 Å². The van der Waals surface area contributed by atoms with Crippen LogP contribution < -0.4 is 14.8 Å². The second kappa shape index (κ2) is 10.0. The minimum atomic E-state index is -0.671. The second-order valence-corrected chi connectivity index (χ2v) is 7.80. The standard InChI is InChI=1S/C22H24Cl2N2O4/c1-14(22(28)25-2)26(13-16-17(23)4-3-5-18(16)24)21(27)9-7-15-6-8-19-20(12-15)30-11-10-29-19/h3-6,8,12,14H,7,9-11,13H2,1-2H3,(H,25,28)/t14-/m0/s1. The van der Waals surface area contributed by atoms with Crippen molar-refractivity contribution in [3.05, 3.63) is 57.6 Å². The van der Waals surface area contributed by atoms with E-state index in [-0.39, 0.29) is 24.8 Å². The Bertz CT molecular complexity index is 915. The first-order valence-corrected chi connectivity index (χ1v) is 10.5. The quantitative estimate of drug-likeness (QED) is 0.695. The Balaban J connectivity index is 1.75. The van der Waals surface area contributed by atoms with Crippen molar-refractivity contribution in [3.8, 4) is 11.5 Å². The maximum absolute atomic E-state index is 13.1. The Hall–Kier alpha value is -2.44. The molecule has 0 bridgehead atoms. The van der Waals surface area contributed by atoms with Crippen molar-refractivity contribution < 1.29 is 19.1 Å². The number of hydrogen-bond acceptors (Lipinski definition) is 4. The van der Waals surface area contributed by atoms with Crippen molar-refractivity contribution in [2.24, 2.45) is 0 Å². The zero-order chi connectivity index (χ0) is 21.7. The molecular formula is C22H24Cl2N2O4. The highest BCUT2D eigenvalue weighted by Gasteiger charge is 2.26. The summed E-state index contributed by atoms with van der Waals surface area (Å²) in [6, 6.07) is 10.1. The highest BCUT2D eigenvalue weighted by Crippen LogP contribution is 2.31. The third kappa shape index (κ3) is 5.18. The largest absolute Gasteiger partial charge is 0.486 e. The maximum Gasteiger partial charge on any atom is 0.242 e. The van der Waals surface area contributed by atoms with Gasteiger partial charge < -0.3 is 19.7 Å². The normalized spacial score (nSPS) is 13.5. The van der Waals surface area contributed by atoms with Crippen molar-refractivity contribution in [1.29, 1.82) is 0 Å². The Morgan fingerprint density at radius 1 is 1.10 bits per heavy atom. The van der Waals surface area contributed by atoms with Crippen LogP contribution in [0.1, 0.15) is 24.5 Å². The summed E-state index contributed by atoms with van der Waals surface area (Å²) in [5.74, 6) is 0.965. The Morgan fingerprint density at radius 2 is 1.77 bits per heavy atom. The minimum Gasteiger partial charge on any atom is -0.486 e. The molecule has 6 nitrogen and oxygen atoms in total. The van der Waals surface area contributed by atoms with Crippen molar-refractivity contribution in [3.63, 3.8) is 0 Å². The van der Waals surface area contributed by atoms with Crippen LogP contribution >= 0.6 is 23.2 Å². The van der Waals surface area contributed by atoms with E-state index in [0.29, 0.717) is 46.7 Å². The van der Waals surface area contributed by atoms with E-state index in [4.69, 9.17) is 32.7 Å². The number of carbonyl (C=O) groups is 2. The van der Waals surface area contributed by atoms with Crippen molar-refractivity contribution >= 4 is 35.0 Å². The lowest BCUT2D eigenvalue weighted by Crippen LogP contribution is -2.46. The molecule has 30 heavy (non-hydrogen) atoms. The average Bonchev–Trinajstić information content (AvgIpc) is 2.76. The van der Waals surface area contributed by atoms with Gasteiger partial charge in [-0.05, 0) is 43.2 Å². The predicted octanol–water partition coefficient (Wildman–Crippen LogP) is 3.86. The first-order valence-electron chi connectivity index (χ1n) is 9.73. The fourth-order valence-electron chi connectivity index (χ4n) is 3.28. The van der Waals surface area contributed by atoms with Gasteiger partial charge in [-0.3, -0.25) is 9.59 Å². The Labute approximate surface area is 186 Å². The summed E-state index contributed by atoms with van der Waals surface area (Å²) >= 11 is 12.6. The molecule has 1 N–H and O–H groups in total. The lowest BCUT2D eigenvalue weighted by Gasteiger charge is -2.29. The molecule has 2 amide bonds. The van der Waals surface area contributed by atoms with Crippen LogP contribution in [0.3, 0.4) is 0 Å². The number of likely N-dealkylation sites (N-methyl/N-ethyl adjacent to an activating group) is 1. The van der Waals surface area contributed by atoms with Crippen LogP contribution in [0.15, 0.2) is 36.4 Å². The highest BCUT2D eigenvalue weighted by atomic mass is 35.5. The molecule has 160 valence electrons. The number of benzene rings is 2.